The molecular weight excluding hydrogens is 466 g/mol. The van der Waals surface area contributed by atoms with E-state index in [1.165, 1.54) is 0 Å². The molecular formula is C30H41N3O4. The van der Waals surface area contributed by atoms with Gasteiger partial charge in [0.25, 0.3) is 0 Å². The number of hydrogen-bond donors (Lipinski definition) is 2. The molecule has 7 nitrogen and oxygen atoms in total. The second-order valence-electron chi connectivity index (χ2n) is 11.4. The molecule has 1 aliphatic carbocycles. The van der Waals surface area contributed by atoms with Gasteiger partial charge in [-0.25, -0.2) is 4.79 Å². The number of ether oxygens (including phenoxy) is 1. The standard InChI is InChI=1S/C30H41N3O4/c1-19(2)31-27(34)26(23-16-20(3)15-21(4)17-23)33(24-13-14-24)28(35)25(18-22-11-9-8-10-12-22)32-29(36)37-30(5,6)7/h8-12,15-17,19,24-26H,13-14,18H2,1-7H3,(H,31,34)(H,32,36). The lowest BCUT2D eigenvalue weighted by atomic mass is 9.97. The van der Waals surface area contributed by atoms with Crippen LogP contribution in [0.2, 0.25) is 0 Å². The van der Waals surface area contributed by atoms with E-state index in [0.29, 0.717) is 0 Å². The molecule has 7 heteroatoms. The van der Waals surface area contributed by atoms with Crippen molar-refractivity contribution in [2.45, 2.75) is 97.5 Å². The second kappa shape index (κ2) is 11.8. The zero-order valence-corrected chi connectivity index (χ0v) is 23.1. The van der Waals surface area contributed by atoms with E-state index in [2.05, 4.69) is 10.6 Å². The zero-order valence-electron chi connectivity index (χ0n) is 23.1. The van der Waals surface area contributed by atoms with Gasteiger partial charge in [-0.15, -0.1) is 0 Å². The van der Waals surface area contributed by atoms with Crippen molar-refractivity contribution in [3.05, 3.63) is 70.8 Å². The Morgan fingerprint density at radius 1 is 0.973 bits per heavy atom. The Morgan fingerprint density at radius 3 is 2.08 bits per heavy atom. The van der Waals surface area contributed by atoms with Gasteiger partial charge in [0, 0.05) is 18.5 Å². The molecule has 200 valence electrons. The highest BCUT2D eigenvalue weighted by Gasteiger charge is 2.44. The number of carbonyl (C=O) groups is 3. The molecule has 0 heterocycles. The van der Waals surface area contributed by atoms with Crippen molar-refractivity contribution in [2.75, 3.05) is 0 Å². The van der Waals surface area contributed by atoms with Gasteiger partial charge in [-0.1, -0.05) is 59.7 Å². The van der Waals surface area contributed by atoms with Crippen LogP contribution in [0.4, 0.5) is 4.79 Å². The molecule has 2 atom stereocenters. The number of rotatable bonds is 9. The van der Waals surface area contributed by atoms with Gasteiger partial charge < -0.3 is 20.3 Å². The smallest absolute Gasteiger partial charge is 0.408 e. The molecule has 0 saturated heterocycles. The molecule has 2 unspecified atom stereocenters. The van der Waals surface area contributed by atoms with Gasteiger partial charge in [0.15, 0.2) is 0 Å². The topological polar surface area (TPSA) is 87.7 Å². The molecule has 0 bridgehead atoms. The first-order valence-corrected chi connectivity index (χ1v) is 13.1. The monoisotopic (exact) mass is 507 g/mol. The van der Waals surface area contributed by atoms with E-state index in [1.807, 2.05) is 76.2 Å². The number of aryl methyl sites for hydroxylation is 2. The molecule has 1 fully saturated rings. The Hall–Kier alpha value is -3.35. The molecule has 0 aromatic heterocycles. The van der Waals surface area contributed by atoms with E-state index in [9.17, 15) is 14.4 Å². The summed E-state index contributed by atoms with van der Waals surface area (Å²) in [5.74, 6) is -0.517. The highest BCUT2D eigenvalue weighted by Crippen LogP contribution is 2.36. The minimum Gasteiger partial charge on any atom is -0.444 e. The van der Waals surface area contributed by atoms with Crippen LogP contribution in [0.15, 0.2) is 48.5 Å². The van der Waals surface area contributed by atoms with Gasteiger partial charge in [-0.3, -0.25) is 9.59 Å². The van der Waals surface area contributed by atoms with Crippen molar-refractivity contribution in [2.24, 2.45) is 0 Å². The maximum atomic E-state index is 14.3. The summed E-state index contributed by atoms with van der Waals surface area (Å²) in [6.07, 6.45) is 1.25. The molecule has 3 rings (SSSR count). The molecule has 37 heavy (non-hydrogen) atoms. The summed E-state index contributed by atoms with van der Waals surface area (Å²) in [5.41, 5.74) is 3.01. The minimum atomic E-state index is -0.891. The van der Waals surface area contributed by atoms with E-state index < -0.39 is 23.8 Å². The lowest BCUT2D eigenvalue weighted by Crippen LogP contribution is -2.55. The Morgan fingerprint density at radius 2 is 1.57 bits per heavy atom. The largest absolute Gasteiger partial charge is 0.444 e. The predicted octanol–water partition coefficient (Wildman–Crippen LogP) is 5.00. The number of nitrogens with one attached hydrogen (secondary N) is 2. The van der Waals surface area contributed by atoms with Gasteiger partial charge in [-0.2, -0.15) is 0 Å². The van der Waals surface area contributed by atoms with Crippen molar-refractivity contribution in [3.8, 4) is 0 Å². The van der Waals surface area contributed by atoms with E-state index in [4.69, 9.17) is 4.74 Å². The van der Waals surface area contributed by atoms with E-state index in [-0.39, 0.29) is 30.3 Å². The first-order chi connectivity index (χ1) is 17.3. The summed E-state index contributed by atoms with van der Waals surface area (Å²) in [6, 6.07) is 13.7. The third kappa shape index (κ3) is 8.34. The highest BCUT2D eigenvalue weighted by molar-refractivity contribution is 5.93. The summed E-state index contributed by atoms with van der Waals surface area (Å²) in [5, 5.41) is 5.82. The molecule has 1 aliphatic rings. The molecule has 3 amide bonds. The summed E-state index contributed by atoms with van der Waals surface area (Å²) in [4.78, 5) is 42.4. The van der Waals surface area contributed by atoms with Gasteiger partial charge in [0.2, 0.25) is 11.8 Å². The first kappa shape index (κ1) is 28.2. The average molecular weight is 508 g/mol. The van der Waals surface area contributed by atoms with Crippen molar-refractivity contribution in [3.63, 3.8) is 0 Å². The Balaban J connectivity index is 2.02. The van der Waals surface area contributed by atoms with Crippen molar-refractivity contribution in [1.29, 1.82) is 0 Å². The number of carbonyl (C=O) groups excluding carboxylic acids is 3. The average Bonchev–Trinajstić information content (AvgIpc) is 3.59. The van der Waals surface area contributed by atoms with E-state index in [0.717, 1.165) is 35.1 Å². The third-order valence-corrected chi connectivity index (χ3v) is 5.98. The number of nitrogens with zero attached hydrogens (tertiary/aromatic N) is 1. The molecule has 0 aliphatic heterocycles. The van der Waals surface area contributed by atoms with Crippen molar-refractivity contribution >= 4 is 17.9 Å². The van der Waals surface area contributed by atoms with Gasteiger partial charge >= 0.3 is 6.09 Å². The molecule has 2 N–H and O–H groups in total. The van der Waals surface area contributed by atoms with Crippen LogP contribution in [0.25, 0.3) is 0 Å². The number of amides is 3. The SMILES string of the molecule is Cc1cc(C)cc(C(C(=O)NC(C)C)N(C(=O)C(Cc2ccccc2)NC(=O)OC(C)(C)C)C2CC2)c1. The predicted molar refractivity (Wildman–Crippen MR) is 145 cm³/mol. The van der Waals surface area contributed by atoms with Crippen LogP contribution in [0.5, 0.6) is 0 Å². The van der Waals surface area contributed by atoms with Crippen LogP contribution in [0.1, 0.15) is 75.8 Å². The normalized spacial score (nSPS) is 15.0. The third-order valence-electron chi connectivity index (χ3n) is 5.98. The quantitative estimate of drug-likeness (QED) is 0.500. The molecule has 1 saturated carbocycles. The fourth-order valence-electron chi connectivity index (χ4n) is 4.52. The van der Waals surface area contributed by atoms with Crippen LogP contribution >= 0.6 is 0 Å². The maximum Gasteiger partial charge on any atom is 0.408 e. The fraction of sp³-hybridized carbons (Fsp3) is 0.500. The zero-order chi connectivity index (χ0) is 27.3. The molecule has 0 spiro atoms. The summed E-state index contributed by atoms with van der Waals surface area (Å²) < 4.78 is 5.49. The minimum absolute atomic E-state index is 0.0741. The van der Waals surface area contributed by atoms with Crippen molar-refractivity contribution < 1.29 is 19.1 Å². The van der Waals surface area contributed by atoms with Crippen LogP contribution < -0.4 is 10.6 Å². The van der Waals surface area contributed by atoms with Gasteiger partial charge in [0.1, 0.15) is 17.7 Å². The van der Waals surface area contributed by atoms with E-state index >= 15 is 0 Å². The van der Waals surface area contributed by atoms with Gasteiger partial charge in [0.05, 0.1) is 0 Å². The maximum absolute atomic E-state index is 14.3. The molecule has 2 aromatic rings. The first-order valence-electron chi connectivity index (χ1n) is 13.1. The Kier molecular flexibility index (Phi) is 9.00. The lowest BCUT2D eigenvalue weighted by Gasteiger charge is -2.35. The van der Waals surface area contributed by atoms with Crippen LogP contribution in [0, 0.1) is 13.8 Å². The molecule has 2 aromatic carbocycles. The Labute approximate surface area is 221 Å². The second-order valence-corrected chi connectivity index (χ2v) is 11.4. The summed E-state index contributed by atoms with van der Waals surface area (Å²) in [6.45, 7) is 13.1. The Bertz CT molecular complexity index is 1080. The van der Waals surface area contributed by atoms with Crippen LogP contribution in [-0.4, -0.2) is 46.5 Å². The number of benzene rings is 2. The molecule has 0 radical (unpaired) electrons. The van der Waals surface area contributed by atoms with Crippen molar-refractivity contribution in [1.82, 2.24) is 15.5 Å². The number of hydrogen-bond acceptors (Lipinski definition) is 4. The highest BCUT2D eigenvalue weighted by atomic mass is 16.6. The van der Waals surface area contributed by atoms with Gasteiger partial charge in [-0.05, 0) is 72.4 Å². The summed E-state index contributed by atoms with van der Waals surface area (Å²) in [7, 11) is 0. The van der Waals surface area contributed by atoms with Crippen LogP contribution in [0.3, 0.4) is 0 Å². The number of alkyl carbamates (subject to hydrolysis) is 1. The van der Waals surface area contributed by atoms with Crippen LogP contribution in [-0.2, 0) is 20.7 Å². The lowest BCUT2D eigenvalue weighted by molar-refractivity contribution is -0.143. The fourth-order valence-corrected chi connectivity index (χ4v) is 4.52. The van der Waals surface area contributed by atoms with E-state index in [1.54, 1.807) is 25.7 Å². The summed E-state index contributed by atoms with van der Waals surface area (Å²) >= 11 is 0.